The topological polar surface area (TPSA) is 21.6 Å². The third-order valence-corrected chi connectivity index (χ3v) is 2.40. The summed E-state index contributed by atoms with van der Waals surface area (Å²) in [6.07, 6.45) is 9.77. The molecule has 3 rings (SSSR count). The quantitative estimate of drug-likeness (QED) is 0.588. The summed E-state index contributed by atoms with van der Waals surface area (Å²) in [4.78, 5) is 4.40. The van der Waals surface area contributed by atoms with Crippen molar-refractivity contribution in [3.63, 3.8) is 0 Å². The molecule has 0 fully saturated rings. The average Bonchev–Trinajstić information content (AvgIpc) is 2.29. The fraction of sp³-hybridized carbons (Fsp3) is 0.0833. The molecular weight excluding hydrogens is 174 g/mol. The number of nitrogens with zero attached hydrogens (tertiary/aromatic N) is 1. The standard InChI is InChI=1S/C12H9NO/c1-4-10-11(13-7-1)6-5-9-3-2-8-14-12(9)10/h1-6,8H,7H2. The Morgan fingerprint density at radius 3 is 3.29 bits per heavy atom. The van der Waals surface area contributed by atoms with Crippen LogP contribution in [0.25, 0.3) is 12.2 Å². The summed E-state index contributed by atoms with van der Waals surface area (Å²) in [6, 6.07) is 4.08. The molecule has 2 aliphatic rings. The number of benzene rings is 1. The Balaban J connectivity index is 2.42. The van der Waals surface area contributed by atoms with Crippen LogP contribution in [-0.4, -0.2) is 6.54 Å². The van der Waals surface area contributed by atoms with E-state index in [0.29, 0.717) is 0 Å². The highest BCUT2D eigenvalue weighted by atomic mass is 16.5. The molecule has 0 aromatic heterocycles. The van der Waals surface area contributed by atoms with Gasteiger partial charge in [0.25, 0.3) is 0 Å². The van der Waals surface area contributed by atoms with E-state index in [1.165, 1.54) is 0 Å². The van der Waals surface area contributed by atoms with Crippen molar-refractivity contribution in [2.24, 2.45) is 4.99 Å². The van der Waals surface area contributed by atoms with Gasteiger partial charge < -0.3 is 4.74 Å². The molecule has 0 bridgehead atoms. The van der Waals surface area contributed by atoms with Crippen molar-refractivity contribution in [2.45, 2.75) is 0 Å². The normalized spacial score (nSPS) is 16.0. The van der Waals surface area contributed by atoms with Crippen LogP contribution in [0.4, 0.5) is 0 Å². The Labute approximate surface area is 81.5 Å². The van der Waals surface area contributed by atoms with Crippen LogP contribution in [0, 0.1) is 0 Å². The minimum Gasteiger partial charge on any atom is -0.464 e. The first kappa shape index (κ1) is 7.56. The van der Waals surface area contributed by atoms with Crippen molar-refractivity contribution in [3.05, 3.63) is 46.7 Å². The van der Waals surface area contributed by atoms with Crippen LogP contribution in [0.2, 0.25) is 0 Å². The summed E-state index contributed by atoms with van der Waals surface area (Å²) >= 11 is 0. The number of hydrogen-bond acceptors (Lipinski definition) is 2. The molecule has 0 spiro atoms. The van der Waals surface area contributed by atoms with Gasteiger partial charge in [-0.05, 0) is 24.3 Å². The zero-order valence-electron chi connectivity index (χ0n) is 7.60. The van der Waals surface area contributed by atoms with E-state index in [2.05, 4.69) is 11.1 Å². The van der Waals surface area contributed by atoms with Crippen molar-refractivity contribution in [2.75, 3.05) is 6.54 Å². The number of ether oxygens (including phenoxy) is 1. The van der Waals surface area contributed by atoms with Gasteiger partial charge >= 0.3 is 0 Å². The lowest BCUT2D eigenvalue weighted by molar-refractivity contribution is 0.472. The van der Waals surface area contributed by atoms with E-state index in [4.69, 9.17) is 4.74 Å². The van der Waals surface area contributed by atoms with E-state index in [1.807, 2.05) is 30.4 Å². The minimum atomic E-state index is 0.769. The molecule has 0 atom stereocenters. The predicted molar refractivity (Wildman–Crippen MR) is 55.4 cm³/mol. The van der Waals surface area contributed by atoms with Crippen molar-refractivity contribution in [3.8, 4) is 5.75 Å². The van der Waals surface area contributed by atoms with Crippen molar-refractivity contribution >= 4 is 12.2 Å². The summed E-state index contributed by atoms with van der Waals surface area (Å²) in [5.74, 6) is 0.921. The second kappa shape index (κ2) is 2.84. The summed E-state index contributed by atoms with van der Waals surface area (Å²) in [7, 11) is 0. The molecular formula is C12H9NO. The molecule has 1 aromatic carbocycles. The summed E-state index contributed by atoms with van der Waals surface area (Å²) in [5, 5.41) is 2.14. The third kappa shape index (κ3) is 1.01. The molecule has 0 N–H and O–H groups in total. The fourth-order valence-corrected chi connectivity index (χ4v) is 1.74. The molecule has 2 nitrogen and oxygen atoms in total. The Morgan fingerprint density at radius 2 is 2.29 bits per heavy atom. The lowest BCUT2D eigenvalue weighted by Crippen LogP contribution is -2.19. The first-order chi connectivity index (χ1) is 6.95. The Kier molecular flexibility index (Phi) is 1.53. The van der Waals surface area contributed by atoms with Gasteiger partial charge in [-0.15, -0.1) is 0 Å². The van der Waals surface area contributed by atoms with Crippen LogP contribution in [-0.2, 0) is 0 Å². The second-order valence-corrected chi connectivity index (χ2v) is 3.27. The monoisotopic (exact) mass is 183 g/mol. The first-order valence-electron chi connectivity index (χ1n) is 4.63. The van der Waals surface area contributed by atoms with Gasteiger partial charge in [-0.2, -0.15) is 0 Å². The van der Waals surface area contributed by atoms with Crippen molar-refractivity contribution in [1.82, 2.24) is 0 Å². The molecule has 0 radical (unpaired) electrons. The van der Waals surface area contributed by atoms with Crippen molar-refractivity contribution in [1.29, 1.82) is 0 Å². The molecule has 2 heteroatoms. The van der Waals surface area contributed by atoms with Crippen LogP contribution in [0.15, 0.2) is 35.5 Å². The maximum absolute atomic E-state index is 5.50. The number of fused-ring (bicyclic) bond motifs is 3. The fourth-order valence-electron chi connectivity index (χ4n) is 1.74. The SMILES string of the molecule is C1=COc2c3c(ccc2=C1)=NCC=C3. The van der Waals surface area contributed by atoms with Gasteiger partial charge in [-0.1, -0.05) is 12.2 Å². The molecule has 0 saturated heterocycles. The van der Waals surface area contributed by atoms with E-state index in [0.717, 1.165) is 28.4 Å². The van der Waals surface area contributed by atoms with E-state index in [9.17, 15) is 0 Å². The largest absolute Gasteiger partial charge is 0.464 e. The van der Waals surface area contributed by atoms with E-state index >= 15 is 0 Å². The zero-order chi connectivity index (χ0) is 9.38. The van der Waals surface area contributed by atoms with E-state index in [-0.39, 0.29) is 0 Å². The number of rotatable bonds is 0. The van der Waals surface area contributed by atoms with Gasteiger partial charge in [0.2, 0.25) is 0 Å². The lowest BCUT2D eigenvalue weighted by Gasteiger charge is -2.11. The lowest BCUT2D eigenvalue weighted by atomic mass is 10.1. The molecule has 1 aromatic rings. The molecule has 0 unspecified atom stereocenters. The highest BCUT2D eigenvalue weighted by Gasteiger charge is 2.08. The minimum absolute atomic E-state index is 0.769. The summed E-state index contributed by atoms with van der Waals surface area (Å²) in [5.41, 5.74) is 1.09. The van der Waals surface area contributed by atoms with Crippen LogP contribution in [0.5, 0.6) is 5.75 Å². The van der Waals surface area contributed by atoms with E-state index in [1.54, 1.807) is 6.26 Å². The maximum Gasteiger partial charge on any atom is 0.143 e. The van der Waals surface area contributed by atoms with Gasteiger partial charge in [0, 0.05) is 10.8 Å². The smallest absolute Gasteiger partial charge is 0.143 e. The Morgan fingerprint density at radius 1 is 1.29 bits per heavy atom. The second-order valence-electron chi connectivity index (χ2n) is 3.27. The Bertz CT molecular complexity index is 552. The molecule has 68 valence electrons. The average molecular weight is 183 g/mol. The van der Waals surface area contributed by atoms with Gasteiger partial charge in [-0.3, -0.25) is 4.99 Å². The molecule has 0 saturated carbocycles. The first-order valence-corrected chi connectivity index (χ1v) is 4.63. The van der Waals surface area contributed by atoms with Crippen LogP contribution < -0.4 is 15.3 Å². The van der Waals surface area contributed by atoms with Gasteiger partial charge in [-0.25, -0.2) is 0 Å². The van der Waals surface area contributed by atoms with Crippen LogP contribution in [0.3, 0.4) is 0 Å². The molecule has 2 aliphatic heterocycles. The van der Waals surface area contributed by atoms with E-state index < -0.39 is 0 Å². The third-order valence-electron chi connectivity index (χ3n) is 2.40. The highest BCUT2D eigenvalue weighted by Crippen LogP contribution is 2.14. The van der Waals surface area contributed by atoms with Gasteiger partial charge in [0.1, 0.15) is 5.75 Å². The molecule has 0 amide bonds. The maximum atomic E-state index is 5.50. The zero-order valence-corrected chi connectivity index (χ0v) is 7.60. The summed E-state index contributed by atoms with van der Waals surface area (Å²) < 4.78 is 5.50. The number of hydrogen-bond donors (Lipinski definition) is 0. The van der Waals surface area contributed by atoms with Crippen LogP contribution >= 0.6 is 0 Å². The highest BCUT2D eigenvalue weighted by molar-refractivity contribution is 5.61. The van der Waals surface area contributed by atoms with Crippen LogP contribution in [0.1, 0.15) is 5.56 Å². The molecule has 14 heavy (non-hydrogen) atoms. The van der Waals surface area contributed by atoms with Crippen molar-refractivity contribution < 1.29 is 4.74 Å². The van der Waals surface area contributed by atoms with Gasteiger partial charge in [0.05, 0.1) is 18.2 Å². The van der Waals surface area contributed by atoms with Gasteiger partial charge in [0.15, 0.2) is 0 Å². The number of allylic oxidation sites excluding steroid dienone is 1. The molecule has 0 aliphatic carbocycles. The summed E-state index contributed by atoms with van der Waals surface area (Å²) in [6.45, 7) is 0.769. The molecule has 2 heterocycles. The predicted octanol–water partition coefficient (Wildman–Crippen LogP) is 1.02. The Hall–Kier alpha value is -1.83.